The molecule has 1 aromatic rings. The monoisotopic (exact) mass is 240 g/mol. The van der Waals surface area contributed by atoms with Crippen LogP contribution in [-0.4, -0.2) is 17.1 Å². The van der Waals surface area contributed by atoms with Crippen molar-refractivity contribution in [2.24, 2.45) is 0 Å². The number of hydrogen-bond acceptors (Lipinski definition) is 3. The smallest absolute Gasteiger partial charge is 0.0897 e. The summed E-state index contributed by atoms with van der Waals surface area (Å²) in [6, 6.07) is 1.14. The third-order valence-corrected chi connectivity index (χ3v) is 3.42. The summed E-state index contributed by atoms with van der Waals surface area (Å²) in [5.41, 5.74) is 1.25. The first kappa shape index (κ1) is 13.7. The van der Waals surface area contributed by atoms with E-state index in [4.69, 9.17) is 0 Å². The molecule has 1 aromatic heterocycles. The molecule has 3 heteroatoms. The molecule has 0 aliphatic heterocycles. The summed E-state index contributed by atoms with van der Waals surface area (Å²) in [5, 5.41) is 7.00. The zero-order valence-electron chi connectivity index (χ0n) is 10.9. The van der Waals surface area contributed by atoms with Crippen molar-refractivity contribution in [2.45, 2.75) is 65.5 Å². The van der Waals surface area contributed by atoms with Crippen LogP contribution in [0.25, 0.3) is 0 Å². The van der Waals surface area contributed by atoms with Crippen LogP contribution in [0.2, 0.25) is 0 Å². The van der Waals surface area contributed by atoms with Crippen molar-refractivity contribution in [1.29, 1.82) is 0 Å². The van der Waals surface area contributed by atoms with Crippen LogP contribution in [0.1, 0.15) is 50.7 Å². The van der Waals surface area contributed by atoms with Gasteiger partial charge in [-0.05, 0) is 13.3 Å². The molecule has 0 aliphatic rings. The van der Waals surface area contributed by atoms with E-state index in [1.807, 2.05) is 0 Å². The molecular formula is C13H24N2S. The number of aromatic nitrogens is 1. The number of hydrogen-bond donors (Lipinski definition) is 1. The molecule has 92 valence electrons. The molecule has 0 amide bonds. The van der Waals surface area contributed by atoms with Gasteiger partial charge in [0.25, 0.3) is 0 Å². The molecule has 1 atom stereocenters. The summed E-state index contributed by atoms with van der Waals surface area (Å²) in [6.45, 7) is 8.75. The number of nitrogens with one attached hydrogen (secondary N) is 1. The molecule has 2 nitrogen and oxygen atoms in total. The predicted octanol–water partition coefficient (Wildman–Crippen LogP) is 3.55. The first-order valence-corrected chi connectivity index (χ1v) is 7.16. The summed E-state index contributed by atoms with van der Waals surface area (Å²) in [7, 11) is 0. The van der Waals surface area contributed by atoms with Gasteiger partial charge >= 0.3 is 0 Å². The fourth-order valence-corrected chi connectivity index (χ4v) is 2.55. The van der Waals surface area contributed by atoms with Crippen LogP contribution in [0.4, 0.5) is 0 Å². The van der Waals surface area contributed by atoms with Gasteiger partial charge in [0.2, 0.25) is 0 Å². The lowest BCUT2D eigenvalue weighted by molar-refractivity contribution is 0.422. The molecule has 0 spiro atoms. The molecule has 0 saturated carbocycles. The molecule has 1 unspecified atom stereocenters. The number of unbranched alkanes of at least 4 members (excludes halogenated alkanes) is 1. The fraction of sp³-hybridized carbons (Fsp3) is 0.769. The van der Waals surface area contributed by atoms with Crippen LogP contribution >= 0.6 is 11.3 Å². The van der Waals surface area contributed by atoms with E-state index in [0.29, 0.717) is 12.1 Å². The Hall–Kier alpha value is -0.410. The van der Waals surface area contributed by atoms with E-state index in [1.54, 1.807) is 11.3 Å². The highest BCUT2D eigenvalue weighted by Gasteiger charge is 2.11. The standard InChI is InChI=1S/C13H24N2S/c1-5-6-7-12(14-10(2)3)8-13-9-16-11(4)15-13/h9-10,12,14H,5-8H2,1-4H3. The Morgan fingerprint density at radius 2 is 2.19 bits per heavy atom. The molecule has 1 N–H and O–H groups in total. The Kier molecular flexibility index (Phi) is 5.99. The molecular weight excluding hydrogens is 216 g/mol. The highest BCUT2D eigenvalue weighted by atomic mass is 32.1. The number of aryl methyl sites for hydroxylation is 1. The molecule has 0 saturated heterocycles. The molecule has 0 bridgehead atoms. The second-order valence-electron chi connectivity index (χ2n) is 4.72. The van der Waals surface area contributed by atoms with Crippen LogP contribution in [0.3, 0.4) is 0 Å². The van der Waals surface area contributed by atoms with Gasteiger partial charge in [-0.2, -0.15) is 0 Å². The molecule has 16 heavy (non-hydrogen) atoms. The van der Waals surface area contributed by atoms with Crippen LogP contribution in [0, 0.1) is 6.92 Å². The average Bonchev–Trinajstić information content (AvgIpc) is 2.59. The average molecular weight is 240 g/mol. The lowest BCUT2D eigenvalue weighted by Gasteiger charge is -2.20. The third-order valence-electron chi connectivity index (χ3n) is 2.60. The minimum Gasteiger partial charge on any atom is -0.311 e. The van der Waals surface area contributed by atoms with Gasteiger partial charge in [-0.3, -0.25) is 0 Å². The van der Waals surface area contributed by atoms with E-state index >= 15 is 0 Å². The van der Waals surface area contributed by atoms with Crippen molar-refractivity contribution in [3.63, 3.8) is 0 Å². The zero-order valence-corrected chi connectivity index (χ0v) is 11.7. The largest absolute Gasteiger partial charge is 0.311 e. The van der Waals surface area contributed by atoms with E-state index in [-0.39, 0.29) is 0 Å². The van der Waals surface area contributed by atoms with Gasteiger partial charge in [0.05, 0.1) is 10.7 Å². The van der Waals surface area contributed by atoms with E-state index in [9.17, 15) is 0 Å². The van der Waals surface area contributed by atoms with E-state index in [2.05, 4.69) is 43.4 Å². The van der Waals surface area contributed by atoms with Gasteiger partial charge in [-0.1, -0.05) is 33.6 Å². The van der Waals surface area contributed by atoms with E-state index in [1.165, 1.54) is 30.0 Å². The van der Waals surface area contributed by atoms with Crippen LogP contribution in [0.5, 0.6) is 0 Å². The number of thiazole rings is 1. The van der Waals surface area contributed by atoms with Gasteiger partial charge in [-0.25, -0.2) is 4.98 Å². The Morgan fingerprint density at radius 3 is 2.69 bits per heavy atom. The summed E-state index contributed by atoms with van der Waals surface area (Å²) in [6.07, 6.45) is 4.90. The Morgan fingerprint density at radius 1 is 1.44 bits per heavy atom. The van der Waals surface area contributed by atoms with Crippen LogP contribution in [-0.2, 0) is 6.42 Å². The number of nitrogens with zero attached hydrogens (tertiary/aromatic N) is 1. The first-order chi connectivity index (χ1) is 7.61. The maximum absolute atomic E-state index is 4.54. The maximum atomic E-state index is 4.54. The van der Waals surface area contributed by atoms with Crippen LogP contribution in [0.15, 0.2) is 5.38 Å². The topological polar surface area (TPSA) is 24.9 Å². The molecule has 1 rings (SSSR count). The molecule has 0 radical (unpaired) electrons. The van der Waals surface area contributed by atoms with Crippen molar-refractivity contribution >= 4 is 11.3 Å². The van der Waals surface area contributed by atoms with Crippen molar-refractivity contribution in [1.82, 2.24) is 10.3 Å². The van der Waals surface area contributed by atoms with Gasteiger partial charge in [0.1, 0.15) is 0 Å². The Labute approximate surface area is 103 Å². The van der Waals surface area contributed by atoms with Gasteiger partial charge in [0.15, 0.2) is 0 Å². The highest BCUT2D eigenvalue weighted by Crippen LogP contribution is 2.13. The predicted molar refractivity (Wildman–Crippen MR) is 72.1 cm³/mol. The summed E-state index contributed by atoms with van der Waals surface area (Å²) >= 11 is 1.75. The quantitative estimate of drug-likeness (QED) is 0.788. The van der Waals surface area contributed by atoms with Crippen LogP contribution < -0.4 is 5.32 Å². The van der Waals surface area contributed by atoms with Crippen molar-refractivity contribution in [3.8, 4) is 0 Å². The summed E-state index contributed by atoms with van der Waals surface area (Å²) in [5.74, 6) is 0. The summed E-state index contributed by atoms with van der Waals surface area (Å²) in [4.78, 5) is 4.54. The minimum absolute atomic E-state index is 0.557. The minimum atomic E-state index is 0.557. The molecule has 0 aromatic carbocycles. The van der Waals surface area contributed by atoms with E-state index in [0.717, 1.165) is 6.42 Å². The SMILES string of the molecule is CCCCC(Cc1csc(C)n1)NC(C)C. The number of rotatable bonds is 7. The molecule has 1 heterocycles. The van der Waals surface area contributed by atoms with Gasteiger partial charge in [0, 0.05) is 23.9 Å². The van der Waals surface area contributed by atoms with Crippen molar-refractivity contribution < 1.29 is 0 Å². The Balaban J connectivity index is 2.48. The second-order valence-corrected chi connectivity index (χ2v) is 5.78. The lowest BCUT2D eigenvalue weighted by atomic mass is 10.0. The van der Waals surface area contributed by atoms with Crippen molar-refractivity contribution in [3.05, 3.63) is 16.1 Å². The Bertz CT molecular complexity index is 294. The zero-order chi connectivity index (χ0) is 12.0. The highest BCUT2D eigenvalue weighted by molar-refractivity contribution is 7.09. The van der Waals surface area contributed by atoms with Crippen molar-refractivity contribution in [2.75, 3.05) is 0 Å². The second kappa shape index (κ2) is 7.02. The fourth-order valence-electron chi connectivity index (χ4n) is 1.92. The first-order valence-electron chi connectivity index (χ1n) is 6.28. The molecule has 0 fully saturated rings. The van der Waals surface area contributed by atoms with Gasteiger partial charge < -0.3 is 5.32 Å². The molecule has 0 aliphatic carbocycles. The van der Waals surface area contributed by atoms with Gasteiger partial charge in [-0.15, -0.1) is 11.3 Å². The maximum Gasteiger partial charge on any atom is 0.0897 e. The lowest BCUT2D eigenvalue weighted by Crippen LogP contribution is -2.36. The third kappa shape index (κ3) is 5.08. The summed E-state index contributed by atoms with van der Waals surface area (Å²) < 4.78 is 0. The normalized spacial score (nSPS) is 13.3. The van der Waals surface area contributed by atoms with E-state index < -0.39 is 0 Å².